The highest BCUT2D eigenvalue weighted by molar-refractivity contribution is 7.21. The third kappa shape index (κ3) is 1.76. The molecule has 2 heterocycles. The van der Waals surface area contributed by atoms with Gasteiger partial charge < -0.3 is 4.98 Å². The molecule has 0 amide bonds. The molecule has 2 aromatic heterocycles. The topological polar surface area (TPSA) is 32.9 Å². The number of hydrogen-bond acceptors (Lipinski definition) is 2. The zero-order valence-corrected chi connectivity index (χ0v) is 9.55. The number of nitrogens with one attached hydrogen (secondary N) is 1. The quantitative estimate of drug-likeness (QED) is 0.687. The van der Waals surface area contributed by atoms with Crippen molar-refractivity contribution in [3.8, 4) is 0 Å². The van der Waals surface area contributed by atoms with Crippen LogP contribution in [0.5, 0.6) is 0 Å². The van der Waals surface area contributed by atoms with Gasteiger partial charge in [0, 0.05) is 10.9 Å². The molecule has 3 aromatic rings. The lowest BCUT2D eigenvalue weighted by Gasteiger charge is -1.91. The molecule has 0 bridgehead atoms. The normalized spacial score (nSPS) is 10.9. The van der Waals surface area contributed by atoms with Crippen molar-refractivity contribution in [2.24, 2.45) is 0 Å². The Morgan fingerprint density at radius 2 is 2.12 bits per heavy atom. The maximum absolute atomic E-state index is 13.0. The van der Waals surface area contributed by atoms with Gasteiger partial charge in [-0.1, -0.05) is 6.07 Å². The van der Waals surface area contributed by atoms with E-state index in [1.807, 2.05) is 0 Å². The van der Waals surface area contributed by atoms with Gasteiger partial charge in [-0.25, -0.2) is 4.39 Å². The summed E-state index contributed by atoms with van der Waals surface area (Å²) in [4.78, 5) is 15.5. The molecule has 4 heteroatoms. The second kappa shape index (κ2) is 3.82. The summed E-state index contributed by atoms with van der Waals surface area (Å²) in [5.41, 5.74) is 0.553. The molecule has 17 heavy (non-hydrogen) atoms. The van der Waals surface area contributed by atoms with E-state index in [2.05, 4.69) is 4.98 Å². The fourth-order valence-corrected chi connectivity index (χ4v) is 2.76. The van der Waals surface area contributed by atoms with Crippen molar-refractivity contribution in [2.45, 2.75) is 0 Å². The summed E-state index contributed by atoms with van der Waals surface area (Å²) >= 11 is 1.31. The highest BCUT2D eigenvalue weighted by atomic mass is 32.1. The van der Waals surface area contributed by atoms with Crippen LogP contribution in [0.15, 0.2) is 42.6 Å². The van der Waals surface area contributed by atoms with Crippen LogP contribution in [-0.2, 0) is 0 Å². The van der Waals surface area contributed by atoms with E-state index in [1.165, 1.54) is 23.5 Å². The molecule has 3 rings (SSSR count). The molecular formula is C13H8FNOS. The standard InChI is InChI=1S/C13H8FNOS/c14-9-4-3-8-6-12(17-11(8)7-9)13(16)10-2-1-5-15-10/h1-7,15H. The molecule has 2 nitrogen and oxygen atoms in total. The molecule has 0 saturated heterocycles. The van der Waals surface area contributed by atoms with Gasteiger partial charge in [0.2, 0.25) is 5.78 Å². The minimum absolute atomic E-state index is 0.0587. The summed E-state index contributed by atoms with van der Waals surface area (Å²) in [5, 5.41) is 0.895. The molecule has 0 aliphatic carbocycles. The van der Waals surface area contributed by atoms with Crippen LogP contribution in [0.2, 0.25) is 0 Å². The first-order valence-corrected chi connectivity index (χ1v) is 5.93. The molecule has 0 atom stereocenters. The first-order valence-electron chi connectivity index (χ1n) is 5.11. The maximum atomic E-state index is 13.0. The molecule has 0 saturated carbocycles. The molecule has 84 valence electrons. The number of carbonyl (C=O) groups is 1. The highest BCUT2D eigenvalue weighted by Gasteiger charge is 2.13. The number of rotatable bonds is 2. The highest BCUT2D eigenvalue weighted by Crippen LogP contribution is 2.27. The van der Waals surface area contributed by atoms with Crippen LogP contribution in [-0.4, -0.2) is 10.8 Å². The first kappa shape index (κ1) is 10.2. The lowest BCUT2D eigenvalue weighted by Crippen LogP contribution is -1.97. The molecule has 0 fully saturated rings. The van der Waals surface area contributed by atoms with E-state index < -0.39 is 0 Å². The third-order valence-electron chi connectivity index (χ3n) is 2.55. The van der Waals surface area contributed by atoms with Gasteiger partial charge in [-0.3, -0.25) is 4.79 Å². The van der Waals surface area contributed by atoms with Crippen LogP contribution in [0, 0.1) is 5.82 Å². The Hall–Kier alpha value is -1.94. The van der Waals surface area contributed by atoms with Gasteiger partial charge in [0.15, 0.2) is 0 Å². The molecule has 0 spiro atoms. The minimum atomic E-state index is -0.279. The number of halogens is 1. The van der Waals surface area contributed by atoms with Gasteiger partial charge in [0.1, 0.15) is 5.82 Å². The van der Waals surface area contributed by atoms with Gasteiger partial charge in [-0.15, -0.1) is 11.3 Å². The van der Waals surface area contributed by atoms with E-state index in [1.54, 1.807) is 30.5 Å². The van der Waals surface area contributed by atoms with E-state index in [0.29, 0.717) is 10.6 Å². The van der Waals surface area contributed by atoms with Gasteiger partial charge in [0.25, 0.3) is 0 Å². The second-order valence-electron chi connectivity index (χ2n) is 3.71. The smallest absolute Gasteiger partial charge is 0.219 e. The lowest BCUT2D eigenvalue weighted by molar-refractivity contribution is 0.103. The lowest BCUT2D eigenvalue weighted by atomic mass is 10.2. The maximum Gasteiger partial charge on any atom is 0.219 e. The number of fused-ring (bicyclic) bond motifs is 1. The monoisotopic (exact) mass is 245 g/mol. The predicted molar refractivity (Wildman–Crippen MR) is 66.0 cm³/mol. The summed E-state index contributed by atoms with van der Waals surface area (Å²) < 4.78 is 13.8. The number of aromatic nitrogens is 1. The number of carbonyl (C=O) groups excluding carboxylic acids is 1. The Morgan fingerprint density at radius 3 is 2.88 bits per heavy atom. The van der Waals surface area contributed by atoms with Crippen LogP contribution in [0.1, 0.15) is 15.4 Å². The van der Waals surface area contributed by atoms with E-state index >= 15 is 0 Å². The van der Waals surface area contributed by atoms with E-state index in [9.17, 15) is 9.18 Å². The third-order valence-corrected chi connectivity index (χ3v) is 3.65. The minimum Gasteiger partial charge on any atom is -0.358 e. The number of ketones is 1. The van der Waals surface area contributed by atoms with Crippen molar-refractivity contribution in [3.05, 3.63) is 59.0 Å². The summed E-state index contributed by atoms with van der Waals surface area (Å²) in [5.74, 6) is -0.338. The number of hydrogen-bond donors (Lipinski definition) is 1. The van der Waals surface area contributed by atoms with Crippen LogP contribution < -0.4 is 0 Å². The van der Waals surface area contributed by atoms with Crippen molar-refractivity contribution in [2.75, 3.05) is 0 Å². The number of H-pyrrole nitrogens is 1. The zero-order valence-electron chi connectivity index (χ0n) is 8.74. The Labute approximate surface area is 101 Å². The van der Waals surface area contributed by atoms with Crippen LogP contribution >= 0.6 is 11.3 Å². The predicted octanol–water partition coefficient (Wildman–Crippen LogP) is 3.60. The molecule has 1 N–H and O–H groups in total. The first-order chi connectivity index (χ1) is 8.24. The Kier molecular flexibility index (Phi) is 2.30. The summed E-state index contributed by atoms with van der Waals surface area (Å²) in [7, 11) is 0. The molecule has 0 aliphatic heterocycles. The van der Waals surface area contributed by atoms with E-state index in [-0.39, 0.29) is 11.6 Å². The largest absolute Gasteiger partial charge is 0.358 e. The number of aromatic amines is 1. The van der Waals surface area contributed by atoms with Crippen LogP contribution in [0.4, 0.5) is 4.39 Å². The van der Waals surface area contributed by atoms with Crippen molar-refractivity contribution in [1.29, 1.82) is 0 Å². The van der Waals surface area contributed by atoms with Gasteiger partial charge in [0.05, 0.1) is 10.6 Å². The van der Waals surface area contributed by atoms with Crippen molar-refractivity contribution >= 4 is 27.2 Å². The Balaban J connectivity index is 2.09. The van der Waals surface area contributed by atoms with Gasteiger partial charge in [-0.05, 0) is 35.7 Å². The number of thiophene rings is 1. The summed E-state index contributed by atoms with van der Waals surface area (Å²) in [6.45, 7) is 0. The van der Waals surface area contributed by atoms with Crippen LogP contribution in [0.3, 0.4) is 0 Å². The number of benzene rings is 1. The summed E-state index contributed by atoms with van der Waals surface area (Å²) in [6.07, 6.45) is 1.71. The Bertz CT molecular complexity index is 685. The van der Waals surface area contributed by atoms with Gasteiger partial charge in [-0.2, -0.15) is 0 Å². The average Bonchev–Trinajstić information content (AvgIpc) is 2.96. The van der Waals surface area contributed by atoms with E-state index in [4.69, 9.17) is 0 Å². The van der Waals surface area contributed by atoms with Crippen molar-refractivity contribution in [3.63, 3.8) is 0 Å². The van der Waals surface area contributed by atoms with E-state index in [0.717, 1.165) is 10.1 Å². The van der Waals surface area contributed by atoms with Crippen molar-refractivity contribution in [1.82, 2.24) is 4.98 Å². The fourth-order valence-electron chi connectivity index (χ4n) is 1.72. The fraction of sp³-hybridized carbons (Fsp3) is 0. The molecule has 1 aromatic carbocycles. The Morgan fingerprint density at radius 1 is 1.24 bits per heavy atom. The van der Waals surface area contributed by atoms with Crippen LogP contribution in [0.25, 0.3) is 10.1 Å². The molecule has 0 aliphatic rings. The molecule has 0 radical (unpaired) electrons. The average molecular weight is 245 g/mol. The molecule has 0 unspecified atom stereocenters. The SMILES string of the molecule is O=C(c1ccc[nH]1)c1cc2ccc(F)cc2s1. The summed E-state index contributed by atoms with van der Waals surface area (Å²) in [6, 6.07) is 9.84. The van der Waals surface area contributed by atoms with Gasteiger partial charge >= 0.3 is 0 Å². The zero-order chi connectivity index (χ0) is 11.8. The second-order valence-corrected chi connectivity index (χ2v) is 4.79. The van der Waals surface area contributed by atoms with Crippen molar-refractivity contribution < 1.29 is 9.18 Å². The molecular weight excluding hydrogens is 237 g/mol.